The second-order valence-electron chi connectivity index (χ2n) is 6.05. The molecule has 2 fully saturated rings. The zero-order chi connectivity index (χ0) is 13.9. The van der Waals surface area contributed by atoms with Crippen molar-refractivity contribution >= 4 is 10.0 Å². The monoisotopic (exact) mass is 289 g/mol. The van der Waals surface area contributed by atoms with E-state index in [1.165, 1.54) is 19.1 Å². The Hall–Kier alpha value is -0.170. The van der Waals surface area contributed by atoms with Gasteiger partial charge in [0.05, 0.1) is 6.26 Å². The van der Waals surface area contributed by atoms with Crippen molar-refractivity contribution in [2.45, 2.75) is 31.7 Å². The smallest absolute Gasteiger partial charge is 0.211 e. The summed E-state index contributed by atoms with van der Waals surface area (Å²) in [6.45, 7) is 4.78. The molecule has 0 aliphatic carbocycles. The van der Waals surface area contributed by atoms with Gasteiger partial charge in [-0.1, -0.05) is 0 Å². The predicted octanol–water partition coefficient (Wildman–Crippen LogP) is 0.342. The fraction of sp³-hybridized carbons (Fsp3) is 1.00. The molecule has 0 spiro atoms. The summed E-state index contributed by atoms with van der Waals surface area (Å²) in [7, 11) is -0.808. The fourth-order valence-corrected chi connectivity index (χ4v) is 4.12. The minimum absolute atomic E-state index is 0.542. The van der Waals surface area contributed by atoms with Crippen molar-refractivity contribution in [1.29, 1.82) is 0 Å². The van der Waals surface area contributed by atoms with Crippen LogP contribution in [0.15, 0.2) is 0 Å². The van der Waals surface area contributed by atoms with Gasteiger partial charge in [0.25, 0.3) is 0 Å². The molecule has 0 radical (unpaired) electrons. The quantitative estimate of drug-likeness (QED) is 0.811. The summed E-state index contributed by atoms with van der Waals surface area (Å²) < 4.78 is 24.6. The van der Waals surface area contributed by atoms with E-state index in [2.05, 4.69) is 17.3 Å². The second kappa shape index (κ2) is 6.52. The van der Waals surface area contributed by atoms with Gasteiger partial charge in [-0.15, -0.1) is 0 Å². The van der Waals surface area contributed by atoms with Crippen molar-refractivity contribution in [2.24, 2.45) is 5.92 Å². The van der Waals surface area contributed by atoms with Crippen LogP contribution in [0.1, 0.15) is 25.7 Å². The van der Waals surface area contributed by atoms with Crippen molar-refractivity contribution in [2.75, 3.05) is 46.0 Å². The van der Waals surface area contributed by atoms with Crippen LogP contribution in [0.4, 0.5) is 0 Å². The van der Waals surface area contributed by atoms with Gasteiger partial charge in [-0.05, 0) is 51.7 Å². The van der Waals surface area contributed by atoms with Gasteiger partial charge >= 0.3 is 0 Å². The average Bonchev–Trinajstić information content (AvgIpc) is 2.39. The lowest BCUT2D eigenvalue weighted by atomic mass is 9.97. The first-order valence-corrected chi connectivity index (χ1v) is 9.17. The Morgan fingerprint density at radius 3 is 2.47 bits per heavy atom. The Balaban J connectivity index is 1.77. The van der Waals surface area contributed by atoms with E-state index in [0.717, 1.165) is 38.4 Å². The molecular formula is C13H27N3O2S. The van der Waals surface area contributed by atoms with E-state index < -0.39 is 10.0 Å². The van der Waals surface area contributed by atoms with Crippen LogP contribution in [0.5, 0.6) is 0 Å². The van der Waals surface area contributed by atoms with Crippen LogP contribution in [-0.4, -0.2) is 69.7 Å². The number of nitrogens with one attached hydrogen (secondary N) is 1. The zero-order valence-electron chi connectivity index (χ0n) is 12.1. The molecule has 19 heavy (non-hydrogen) atoms. The Morgan fingerprint density at radius 1 is 1.26 bits per heavy atom. The summed E-state index contributed by atoms with van der Waals surface area (Å²) >= 11 is 0. The van der Waals surface area contributed by atoms with Crippen LogP contribution < -0.4 is 5.32 Å². The molecule has 1 atom stereocenters. The molecule has 2 aliphatic rings. The molecule has 0 aromatic rings. The third kappa shape index (κ3) is 4.41. The molecular weight excluding hydrogens is 262 g/mol. The highest BCUT2D eigenvalue weighted by molar-refractivity contribution is 7.88. The van der Waals surface area contributed by atoms with Crippen LogP contribution in [0.2, 0.25) is 0 Å². The molecule has 2 aliphatic heterocycles. The van der Waals surface area contributed by atoms with Gasteiger partial charge in [0.15, 0.2) is 0 Å². The largest absolute Gasteiger partial charge is 0.316 e. The molecule has 1 unspecified atom stereocenters. The molecule has 0 aromatic heterocycles. The predicted molar refractivity (Wildman–Crippen MR) is 77.7 cm³/mol. The molecule has 0 aromatic carbocycles. The van der Waals surface area contributed by atoms with Crippen molar-refractivity contribution in [3.8, 4) is 0 Å². The van der Waals surface area contributed by atoms with E-state index in [0.29, 0.717) is 19.1 Å². The van der Waals surface area contributed by atoms with Gasteiger partial charge < -0.3 is 10.2 Å². The summed E-state index contributed by atoms with van der Waals surface area (Å²) in [6, 6.07) is 0.542. The topological polar surface area (TPSA) is 52.6 Å². The van der Waals surface area contributed by atoms with Gasteiger partial charge in [0.2, 0.25) is 10.0 Å². The van der Waals surface area contributed by atoms with Gasteiger partial charge in [0.1, 0.15) is 0 Å². The molecule has 2 heterocycles. The Labute approximate surface area is 117 Å². The van der Waals surface area contributed by atoms with E-state index in [1.807, 2.05) is 0 Å². The number of hydrogen-bond acceptors (Lipinski definition) is 4. The van der Waals surface area contributed by atoms with Gasteiger partial charge in [0, 0.05) is 25.7 Å². The second-order valence-corrected chi connectivity index (χ2v) is 8.03. The number of rotatable bonds is 4. The Kier molecular flexibility index (Phi) is 5.22. The molecule has 0 bridgehead atoms. The van der Waals surface area contributed by atoms with Gasteiger partial charge in [-0.3, -0.25) is 0 Å². The van der Waals surface area contributed by atoms with Crippen molar-refractivity contribution in [3.05, 3.63) is 0 Å². The van der Waals surface area contributed by atoms with E-state index in [4.69, 9.17) is 0 Å². The third-order valence-corrected chi connectivity index (χ3v) is 5.76. The molecule has 2 rings (SSSR count). The van der Waals surface area contributed by atoms with Crippen LogP contribution >= 0.6 is 0 Å². The highest BCUT2D eigenvalue weighted by Gasteiger charge is 2.28. The minimum Gasteiger partial charge on any atom is -0.316 e. The minimum atomic E-state index is -3.00. The Bertz CT molecular complexity index is 371. The fourth-order valence-electron chi connectivity index (χ4n) is 3.25. The first-order chi connectivity index (χ1) is 8.97. The standard InChI is InChI=1S/C13H27N3O2S/c1-15(11-12-4-3-7-14-10-12)13-5-8-16(9-6-13)19(2,17)18/h12-14H,3-11H2,1-2H3. The van der Waals surface area contributed by atoms with Gasteiger partial charge in [-0.2, -0.15) is 0 Å². The zero-order valence-corrected chi connectivity index (χ0v) is 13.0. The van der Waals surface area contributed by atoms with E-state index in [9.17, 15) is 8.42 Å². The molecule has 1 N–H and O–H groups in total. The summed E-state index contributed by atoms with van der Waals surface area (Å²) in [5, 5.41) is 3.46. The normalized spacial score (nSPS) is 27.8. The lowest BCUT2D eigenvalue weighted by molar-refractivity contribution is 0.140. The number of sulfonamides is 1. The maximum atomic E-state index is 11.5. The summed E-state index contributed by atoms with van der Waals surface area (Å²) in [4.78, 5) is 2.44. The van der Waals surface area contributed by atoms with E-state index in [1.54, 1.807) is 4.31 Å². The maximum Gasteiger partial charge on any atom is 0.211 e. The van der Waals surface area contributed by atoms with Crippen LogP contribution in [0.3, 0.4) is 0 Å². The lowest BCUT2D eigenvalue weighted by Gasteiger charge is -2.37. The number of piperidine rings is 2. The molecule has 6 heteroatoms. The number of nitrogens with zero attached hydrogens (tertiary/aromatic N) is 2. The molecule has 2 saturated heterocycles. The van der Waals surface area contributed by atoms with Gasteiger partial charge in [-0.25, -0.2) is 12.7 Å². The molecule has 0 saturated carbocycles. The average molecular weight is 289 g/mol. The molecule has 5 nitrogen and oxygen atoms in total. The Morgan fingerprint density at radius 2 is 1.95 bits per heavy atom. The summed E-state index contributed by atoms with van der Waals surface area (Å²) in [5.74, 6) is 0.756. The van der Waals surface area contributed by atoms with Crippen molar-refractivity contribution < 1.29 is 8.42 Å². The molecule has 0 amide bonds. The molecule has 112 valence electrons. The summed E-state index contributed by atoms with van der Waals surface area (Å²) in [5.41, 5.74) is 0. The van der Waals surface area contributed by atoms with Crippen LogP contribution in [-0.2, 0) is 10.0 Å². The van der Waals surface area contributed by atoms with Crippen LogP contribution in [0.25, 0.3) is 0 Å². The van der Waals surface area contributed by atoms with E-state index >= 15 is 0 Å². The SMILES string of the molecule is CN(CC1CCCNC1)C1CCN(S(C)(=O)=O)CC1. The summed E-state index contributed by atoms with van der Waals surface area (Å²) in [6.07, 6.45) is 5.84. The highest BCUT2D eigenvalue weighted by Crippen LogP contribution is 2.20. The lowest BCUT2D eigenvalue weighted by Crippen LogP contribution is -2.47. The highest BCUT2D eigenvalue weighted by atomic mass is 32.2. The maximum absolute atomic E-state index is 11.5. The van der Waals surface area contributed by atoms with Crippen LogP contribution in [0, 0.1) is 5.92 Å². The number of hydrogen-bond donors (Lipinski definition) is 1. The first-order valence-electron chi connectivity index (χ1n) is 7.33. The first kappa shape index (κ1) is 15.2. The van der Waals surface area contributed by atoms with Crippen molar-refractivity contribution in [3.63, 3.8) is 0 Å². The van der Waals surface area contributed by atoms with Crippen molar-refractivity contribution in [1.82, 2.24) is 14.5 Å². The van der Waals surface area contributed by atoms with E-state index in [-0.39, 0.29) is 0 Å². The third-order valence-electron chi connectivity index (χ3n) is 4.46.